The Hall–Kier alpha value is -1.67. The quantitative estimate of drug-likeness (QED) is 0.767. The van der Waals surface area contributed by atoms with Gasteiger partial charge in [0.2, 0.25) is 0 Å². The number of ketones is 1. The van der Waals surface area contributed by atoms with Crippen LogP contribution in [0.2, 0.25) is 0 Å². The number of H-pyrrole nitrogens is 1. The van der Waals surface area contributed by atoms with Crippen LogP contribution in [0.5, 0.6) is 0 Å². The maximum absolute atomic E-state index is 12.6. The van der Waals surface area contributed by atoms with E-state index in [-0.39, 0.29) is 34.9 Å². The van der Waals surface area contributed by atoms with Crippen LogP contribution in [-0.2, 0) is 14.6 Å². The molecule has 1 fully saturated rings. The van der Waals surface area contributed by atoms with Gasteiger partial charge in [0.05, 0.1) is 18.1 Å². The number of carbonyl (C=O) groups is 2. The lowest BCUT2D eigenvalue weighted by atomic mass is 10.2. The topological polar surface area (TPSA) is 96.5 Å². The first-order chi connectivity index (χ1) is 10.3. The van der Waals surface area contributed by atoms with Gasteiger partial charge < -0.3 is 14.6 Å². The summed E-state index contributed by atoms with van der Waals surface area (Å²) < 4.78 is 28.3. The Morgan fingerprint density at radius 2 is 2.18 bits per heavy atom. The van der Waals surface area contributed by atoms with Crippen molar-refractivity contribution in [3.8, 4) is 0 Å². The highest BCUT2D eigenvalue weighted by atomic mass is 32.2. The van der Waals surface area contributed by atoms with Crippen LogP contribution >= 0.6 is 0 Å². The van der Waals surface area contributed by atoms with E-state index < -0.39 is 9.84 Å². The number of amides is 1. The summed E-state index contributed by atoms with van der Waals surface area (Å²) >= 11 is 0. The van der Waals surface area contributed by atoms with Gasteiger partial charge in [-0.3, -0.25) is 9.59 Å². The number of hydrogen-bond acceptors (Lipinski definition) is 5. The number of carbonyl (C=O) groups excluding carboxylic acids is 2. The van der Waals surface area contributed by atoms with Crippen molar-refractivity contribution in [1.82, 2.24) is 9.88 Å². The fourth-order valence-electron chi connectivity index (χ4n) is 2.54. The minimum atomic E-state index is -3.09. The maximum atomic E-state index is 12.6. The van der Waals surface area contributed by atoms with Gasteiger partial charge in [-0.1, -0.05) is 0 Å². The summed E-state index contributed by atoms with van der Waals surface area (Å²) in [5, 5.41) is 0. The smallest absolute Gasteiger partial charge is 0.270 e. The molecular formula is C14H20N2O5S. The average molecular weight is 328 g/mol. The lowest BCUT2D eigenvalue weighted by molar-refractivity contribution is 0.0619. The summed E-state index contributed by atoms with van der Waals surface area (Å²) in [4.78, 5) is 28.2. The van der Waals surface area contributed by atoms with Crippen molar-refractivity contribution in [2.45, 2.75) is 19.4 Å². The molecule has 1 aromatic heterocycles. The van der Waals surface area contributed by atoms with Crippen molar-refractivity contribution >= 4 is 21.5 Å². The number of sulfone groups is 1. The Bertz CT molecular complexity index is 665. The summed E-state index contributed by atoms with van der Waals surface area (Å²) in [7, 11) is -1.56. The van der Waals surface area contributed by atoms with Crippen molar-refractivity contribution < 1.29 is 22.7 Å². The first-order valence-corrected chi connectivity index (χ1v) is 8.86. The molecule has 1 aliphatic heterocycles. The van der Waals surface area contributed by atoms with E-state index in [0.717, 1.165) is 0 Å². The van der Waals surface area contributed by atoms with Gasteiger partial charge >= 0.3 is 0 Å². The third kappa shape index (κ3) is 3.75. The van der Waals surface area contributed by atoms with Crippen LogP contribution in [0, 0.1) is 0 Å². The predicted octanol–water partition coefficient (Wildman–Crippen LogP) is 0.493. The summed E-state index contributed by atoms with van der Waals surface area (Å²) in [5.41, 5.74) is 0.708. The maximum Gasteiger partial charge on any atom is 0.270 e. The van der Waals surface area contributed by atoms with Gasteiger partial charge in [-0.2, -0.15) is 0 Å². The highest BCUT2D eigenvalue weighted by Crippen LogP contribution is 2.20. The van der Waals surface area contributed by atoms with Crippen LogP contribution in [0.15, 0.2) is 12.3 Å². The van der Waals surface area contributed by atoms with E-state index in [4.69, 9.17) is 4.74 Å². The van der Waals surface area contributed by atoms with Crippen molar-refractivity contribution in [3.63, 3.8) is 0 Å². The highest BCUT2D eigenvalue weighted by molar-refractivity contribution is 7.91. The van der Waals surface area contributed by atoms with Gasteiger partial charge in [-0.15, -0.1) is 0 Å². The predicted molar refractivity (Wildman–Crippen MR) is 80.8 cm³/mol. The molecule has 0 saturated carbocycles. The standard InChI is InChI=1S/C14H20N2O5S/c1-10(17)11-7-13(15-8-11)14(18)16(4-5-21-2)12-3-6-22(19,20)9-12/h7-8,12,15H,3-6,9H2,1-2H3. The van der Waals surface area contributed by atoms with Crippen molar-refractivity contribution in [2.75, 3.05) is 31.8 Å². The monoisotopic (exact) mass is 328 g/mol. The van der Waals surface area contributed by atoms with Gasteiger partial charge in [0, 0.05) is 31.5 Å². The van der Waals surface area contributed by atoms with E-state index in [9.17, 15) is 18.0 Å². The molecule has 7 nitrogen and oxygen atoms in total. The van der Waals surface area contributed by atoms with Crippen LogP contribution in [0.4, 0.5) is 0 Å². The highest BCUT2D eigenvalue weighted by Gasteiger charge is 2.35. The van der Waals surface area contributed by atoms with Crippen LogP contribution in [0.1, 0.15) is 34.2 Å². The van der Waals surface area contributed by atoms with E-state index in [1.165, 1.54) is 31.2 Å². The third-order valence-electron chi connectivity index (χ3n) is 3.77. The molecule has 8 heteroatoms. The Morgan fingerprint density at radius 3 is 2.68 bits per heavy atom. The number of hydrogen-bond donors (Lipinski definition) is 1. The van der Waals surface area contributed by atoms with Crippen molar-refractivity contribution in [3.05, 3.63) is 23.5 Å². The summed E-state index contributed by atoms with van der Waals surface area (Å²) in [5.74, 6) is -0.380. The van der Waals surface area contributed by atoms with E-state index in [2.05, 4.69) is 4.98 Å². The molecule has 0 spiro atoms. The van der Waals surface area contributed by atoms with E-state index in [1.807, 2.05) is 0 Å². The van der Waals surface area contributed by atoms with Crippen molar-refractivity contribution in [2.24, 2.45) is 0 Å². The molecule has 122 valence electrons. The van der Waals surface area contributed by atoms with Crippen molar-refractivity contribution in [1.29, 1.82) is 0 Å². The summed E-state index contributed by atoms with van der Waals surface area (Å²) in [6, 6.07) is 1.14. The number of aromatic nitrogens is 1. The zero-order valence-corrected chi connectivity index (χ0v) is 13.5. The van der Waals surface area contributed by atoms with E-state index >= 15 is 0 Å². The number of nitrogens with one attached hydrogen (secondary N) is 1. The minimum Gasteiger partial charge on any atom is -0.383 e. The molecule has 2 rings (SSSR count). The first kappa shape index (κ1) is 16.7. The molecule has 1 aromatic rings. The molecule has 1 aliphatic rings. The molecule has 0 radical (unpaired) electrons. The minimum absolute atomic E-state index is 0.0251. The van der Waals surface area contributed by atoms with Gasteiger partial charge in [-0.25, -0.2) is 8.42 Å². The molecule has 0 aromatic carbocycles. The zero-order chi connectivity index (χ0) is 16.3. The number of methoxy groups -OCH3 is 1. The Morgan fingerprint density at radius 1 is 1.45 bits per heavy atom. The number of Topliss-reactive ketones (excluding diaryl/α,β-unsaturated/α-hetero) is 1. The van der Waals surface area contributed by atoms with Crippen LogP contribution < -0.4 is 0 Å². The number of rotatable bonds is 6. The van der Waals surface area contributed by atoms with E-state index in [1.54, 1.807) is 0 Å². The second-order valence-electron chi connectivity index (χ2n) is 5.41. The first-order valence-electron chi connectivity index (χ1n) is 7.04. The van der Waals surface area contributed by atoms with E-state index in [0.29, 0.717) is 25.1 Å². The molecule has 2 heterocycles. The summed E-state index contributed by atoms with van der Waals surface area (Å²) in [6.07, 6.45) is 1.91. The Balaban J connectivity index is 2.20. The lowest BCUT2D eigenvalue weighted by Crippen LogP contribution is -2.43. The van der Waals surface area contributed by atoms with Crippen LogP contribution in [0.3, 0.4) is 0 Å². The van der Waals surface area contributed by atoms with Gasteiger partial charge in [-0.05, 0) is 19.4 Å². The third-order valence-corrected chi connectivity index (χ3v) is 5.52. The molecule has 0 bridgehead atoms. The number of nitrogens with zero attached hydrogens (tertiary/aromatic N) is 1. The Labute approximate surface area is 129 Å². The molecule has 1 unspecified atom stereocenters. The molecule has 1 saturated heterocycles. The van der Waals surface area contributed by atoms with Crippen LogP contribution in [0.25, 0.3) is 0 Å². The molecular weight excluding hydrogens is 308 g/mol. The molecule has 1 N–H and O–H groups in total. The average Bonchev–Trinajstić information content (AvgIpc) is 3.06. The molecule has 1 amide bonds. The Kier molecular flexibility index (Phi) is 5.02. The second kappa shape index (κ2) is 6.62. The van der Waals surface area contributed by atoms with Gasteiger partial charge in [0.15, 0.2) is 15.6 Å². The fraction of sp³-hybridized carbons (Fsp3) is 0.571. The SMILES string of the molecule is COCCN(C(=O)c1cc(C(C)=O)c[nH]1)C1CCS(=O)(=O)C1. The number of ether oxygens (including phenoxy) is 1. The zero-order valence-electron chi connectivity index (χ0n) is 12.7. The second-order valence-corrected chi connectivity index (χ2v) is 7.64. The lowest BCUT2D eigenvalue weighted by Gasteiger charge is -2.27. The molecule has 0 aliphatic carbocycles. The number of aromatic amines is 1. The largest absolute Gasteiger partial charge is 0.383 e. The fourth-order valence-corrected chi connectivity index (χ4v) is 4.27. The molecule has 22 heavy (non-hydrogen) atoms. The molecule has 1 atom stereocenters. The normalized spacial score (nSPS) is 20.0. The van der Waals surface area contributed by atoms with Gasteiger partial charge in [0.25, 0.3) is 5.91 Å². The van der Waals surface area contributed by atoms with Crippen LogP contribution in [-0.4, -0.2) is 67.8 Å². The summed E-state index contributed by atoms with van der Waals surface area (Å²) in [6.45, 7) is 2.05. The van der Waals surface area contributed by atoms with Gasteiger partial charge in [0.1, 0.15) is 5.69 Å².